The molecule has 3 aromatic rings. The number of amides is 1. The van der Waals surface area contributed by atoms with Crippen LogP contribution in [0.25, 0.3) is 10.8 Å². The van der Waals surface area contributed by atoms with Gasteiger partial charge in [-0.05, 0) is 35.6 Å². The van der Waals surface area contributed by atoms with Crippen LogP contribution in [-0.2, 0) is 13.1 Å². The number of aromatic nitrogens is 1. The van der Waals surface area contributed by atoms with Crippen molar-refractivity contribution in [2.24, 2.45) is 0 Å². The second kappa shape index (κ2) is 7.95. The predicted molar refractivity (Wildman–Crippen MR) is 101 cm³/mol. The van der Waals surface area contributed by atoms with Crippen molar-refractivity contribution < 1.29 is 9.18 Å². The molecule has 0 bridgehead atoms. The maximum absolute atomic E-state index is 13.5. The Bertz CT molecular complexity index is 980. The van der Waals surface area contributed by atoms with Crippen LogP contribution in [0.1, 0.15) is 35.8 Å². The molecule has 0 aliphatic carbocycles. The van der Waals surface area contributed by atoms with Crippen molar-refractivity contribution in [1.82, 2.24) is 9.88 Å². The third-order valence-electron chi connectivity index (χ3n) is 4.34. The standard InChI is InChI=1S/C21H21FN2O2/c1-2-3-11-24-19(20(25)23-14-15-7-5-4-6-8-15)12-16-9-10-17(22)13-18(16)21(24)26/h4-10,12-13H,2-3,11,14H2,1H3,(H,23,25). The zero-order valence-corrected chi connectivity index (χ0v) is 14.7. The van der Waals surface area contributed by atoms with E-state index in [1.165, 1.54) is 22.8 Å². The molecule has 1 heterocycles. The van der Waals surface area contributed by atoms with Crippen LogP contribution in [-0.4, -0.2) is 10.5 Å². The maximum Gasteiger partial charge on any atom is 0.268 e. The Labute approximate surface area is 151 Å². The van der Waals surface area contributed by atoms with Gasteiger partial charge in [0, 0.05) is 13.1 Å². The van der Waals surface area contributed by atoms with Crippen molar-refractivity contribution in [3.8, 4) is 0 Å². The number of carbonyl (C=O) groups is 1. The zero-order valence-electron chi connectivity index (χ0n) is 14.7. The molecule has 0 saturated heterocycles. The molecule has 5 heteroatoms. The first-order valence-corrected chi connectivity index (χ1v) is 8.75. The Balaban J connectivity index is 1.98. The van der Waals surface area contributed by atoms with Crippen molar-refractivity contribution in [1.29, 1.82) is 0 Å². The third kappa shape index (κ3) is 3.82. The average Bonchev–Trinajstić information content (AvgIpc) is 2.66. The minimum atomic E-state index is -0.460. The SMILES string of the molecule is CCCCn1c(C(=O)NCc2ccccc2)cc2ccc(F)cc2c1=O. The van der Waals surface area contributed by atoms with Gasteiger partial charge in [0.25, 0.3) is 11.5 Å². The molecule has 0 radical (unpaired) electrons. The zero-order chi connectivity index (χ0) is 18.5. The summed E-state index contributed by atoms with van der Waals surface area (Å²) >= 11 is 0. The number of nitrogens with one attached hydrogen (secondary N) is 1. The number of hydrogen-bond acceptors (Lipinski definition) is 2. The second-order valence-corrected chi connectivity index (χ2v) is 6.24. The van der Waals surface area contributed by atoms with Gasteiger partial charge in [-0.3, -0.25) is 9.59 Å². The van der Waals surface area contributed by atoms with Crippen LogP contribution < -0.4 is 10.9 Å². The van der Waals surface area contributed by atoms with Crippen molar-refractivity contribution >= 4 is 16.7 Å². The first-order valence-electron chi connectivity index (χ1n) is 8.75. The number of hydrogen-bond donors (Lipinski definition) is 1. The van der Waals surface area contributed by atoms with Crippen LogP contribution in [0, 0.1) is 5.82 Å². The number of halogens is 1. The minimum absolute atomic E-state index is 0.292. The van der Waals surface area contributed by atoms with E-state index in [9.17, 15) is 14.0 Å². The molecule has 0 unspecified atom stereocenters. The van der Waals surface area contributed by atoms with Crippen molar-refractivity contribution in [3.05, 3.63) is 82.0 Å². The first-order chi connectivity index (χ1) is 12.6. The monoisotopic (exact) mass is 352 g/mol. The maximum atomic E-state index is 13.5. The van der Waals surface area contributed by atoms with E-state index in [4.69, 9.17) is 0 Å². The van der Waals surface area contributed by atoms with Gasteiger partial charge in [0.15, 0.2) is 0 Å². The molecule has 0 spiro atoms. The Kier molecular flexibility index (Phi) is 5.46. The summed E-state index contributed by atoms with van der Waals surface area (Å²) in [6.07, 6.45) is 1.65. The van der Waals surface area contributed by atoms with Crippen LogP contribution >= 0.6 is 0 Å². The molecule has 134 valence electrons. The molecule has 26 heavy (non-hydrogen) atoms. The molecular formula is C21H21FN2O2. The van der Waals surface area contributed by atoms with E-state index in [2.05, 4.69) is 5.32 Å². The van der Waals surface area contributed by atoms with E-state index in [0.29, 0.717) is 29.6 Å². The van der Waals surface area contributed by atoms with Gasteiger partial charge >= 0.3 is 0 Å². The fourth-order valence-corrected chi connectivity index (χ4v) is 2.91. The Morgan fingerprint density at radius 2 is 1.88 bits per heavy atom. The summed E-state index contributed by atoms with van der Waals surface area (Å²) in [5, 5.41) is 3.72. The predicted octanol–water partition coefficient (Wildman–Crippen LogP) is 3.87. The van der Waals surface area contributed by atoms with Crippen LogP contribution in [0.3, 0.4) is 0 Å². The molecule has 1 amide bonds. The lowest BCUT2D eigenvalue weighted by atomic mass is 10.1. The lowest BCUT2D eigenvalue weighted by Crippen LogP contribution is -2.32. The van der Waals surface area contributed by atoms with E-state index in [1.807, 2.05) is 37.3 Å². The summed E-state index contributed by atoms with van der Waals surface area (Å²) in [7, 11) is 0. The number of rotatable bonds is 6. The molecule has 0 aliphatic rings. The summed E-state index contributed by atoms with van der Waals surface area (Å²) < 4.78 is 15.0. The van der Waals surface area contributed by atoms with E-state index in [-0.39, 0.29) is 11.5 Å². The molecule has 3 rings (SSSR count). The van der Waals surface area contributed by atoms with Gasteiger partial charge in [-0.15, -0.1) is 0 Å². The van der Waals surface area contributed by atoms with Crippen molar-refractivity contribution in [3.63, 3.8) is 0 Å². The Morgan fingerprint density at radius 1 is 1.12 bits per heavy atom. The van der Waals surface area contributed by atoms with E-state index in [1.54, 1.807) is 6.07 Å². The number of benzene rings is 2. The highest BCUT2D eigenvalue weighted by molar-refractivity contribution is 5.96. The number of unbranched alkanes of at least 4 members (excludes halogenated alkanes) is 1. The largest absolute Gasteiger partial charge is 0.347 e. The fourth-order valence-electron chi connectivity index (χ4n) is 2.91. The van der Waals surface area contributed by atoms with E-state index < -0.39 is 5.82 Å². The number of pyridine rings is 1. The average molecular weight is 352 g/mol. The second-order valence-electron chi connectivity index (χ2n) is 6.24. The normalized spacial score (nSPS) is 10.8. The molecule has 0 atom stereocenters. The van der Waals surface area contributed by atoms with E-state index >= 15 is 0 Å². The summed E-state index contributed by atoms with van der Waals surface area (Å²) in [4.78, 5) is 25.5. The van der Waals surface area contributed by atoms with Gasteiger partial charge in [-0.1, -0.05) is 49.7 Å². The Hall–Kier alpha value is -2.95. The van der Waals surface area contributed by atoms with Crippen molar-refractivity contribution in [2.75, 3.05) is 0 Å². The smallest absolute Gasteiger partial charge is 0.268 e. The summed E-state index contributed by atoms with van der Waals surface area (Å²) in [6.45, 7) is 2.82. The quantitative estimate of drug-likeness (QED) is 0.732. The van der Waals surface area contributed by atoms with Gasteiger partial charge in [0.1, 0.15) is 11.5 Å². The third-order valence-corrected chi connectivity index (χ3v) is 4.34. The van der Waals surface area contributed by atoms with Gasteiger partial charge in [-0.2, -0.15) is 0 Å². The molecule has 1 aromatic heterocycles. The van der Waals surface area contributed by atoms with Gasteiger partial charge < -0.3 is 9.88 Å². The molecule has 4 nitrogen and oxygen atoms in total. The molecule has 0 saturated carbocycles. The van der Waals surface area contributed by atoms with Crippen molar-refractivity contribution in [2.45, 2.75) is 32.9 Å². The van der Waals surface area contributed by atoms with Gasteiger partial charge in [0.05, 0.1) is 5.39 Å². The number of nitrogens with zero attached hydrogens (tertiary/aromatic N) is 1. The highest BCUT2D eigenvalue weighted by Crippen LogP contribution is 2.15. The molecule has 2 aromatic carbocycles. The topological polar surface area (TPSA) is 51.1 Å². The van der Waals surface area contributed by atoms with Crippen LogP contribution in [0.4, 0.5) is 4.39 Å². The highest BCUT2D eigenvalue weighted by atomic mass is 19.1. The van der Waals surface area contributed by atoms with Gasteiger partial charge in [-0.25, -0.2) is 4.39 Å². The summed E-state index contributed by atoms with van der Waals surface area (Å²) in [5.41, 5.74) is 0.949. The number of fused-ring (bicyclic) bond motifs is 1. The lowest BCUT2D eigenvalue weighted by molar-refractivity contribution is 0.0940. The van der Waals surface area contributed by atoms with E-state index in [0.717, 1.165) is 18.4 Å². The highest BCUT2D eigenvalue weighted by Gasteiger charge is 2.15. The molecular weight excluding hydrogens is 331 g/mol. The lowest BCUT2D eigenvalue weighted by Gasteiger charge is -2.14. The first kappa shape index (κ1) is 17.9. The summed E-state index contributed by atoms with van der Waals surface area (Å²) in [6, 6.07) is 15.3. The van der Waals surface area contributed by atoms with Crippen LogP contribution in [0.15, 0.2) is 59.4 Å². The number of carbonyl (C=O) groups excluding carboxylic acids is 1. The molecule has 1 N–H and O–H groups in total. The van der Waals surface area contributed by atoms with Crippen LogP contribution in [0.2, 0.25) is 0 Å². The van der Waals surface area contributed by atoms with Gasteiger partial charge in [0.2, 0.25) is 0 Å². The Morgan fingerprint density at radius 3 is 2.62 bits per heavy atom. The minimum Gasteiger partial charge on any atom is -0.347 e. The molecule has 0 fully saturated rings. The summed E-state index contributed by atoms with van der Waals surface area (Å²) in [5.74, 6) is -0.772. The molecule has 0 aliphatic heterocycles. The fraction of sp³-hybridized carbons (Fsp3) is 0.238. The van der Waals surface area contributed by atoms with Crippen LogP contribution in [0.5, 0.6) is 0 Å².